The Hall–Kier alpha value is -0.280. The molecule has 1 unspecified atom stereocenters. The van der Waals surface area contributed by atoms with Crippen LogP contribution in [0.15, 0.2) is 0 Å². The van der Waals surface area contributed by atoms with Crippen molar-refractivity contribution in [3.63, 3.8) is 0 Å². The van der Waals surface area contributed by atoms with Gasteiger partial charge >= 0.3 is 5.97 Å². The van der Waals surface area contributed by atoms with E-state index in [-0.39, 0.29) is 25.4 Å². The lowest BCUT2D eigenvalue weighted by molar-refractivity contribution is -0.460. The van der Waals surface area contributed by atoms with E-state index in [2.05, 4.69) is 0 Å². The fraction of sp³-hybridized carbons (Fsp3) is 1.00. The second-order valence-corrected chi connectivity index (χ2v) is 8.07. The first-order valence-corrected chi connectivity index (χ1v) is 7.82. The van der Waals surface area contributed by atoms with Crippen molar-refractivity contribution >= 4 is 0 Å². The summed E-state index contributed by atoms with van der Waals surface area (Å²) in [6, 6.07) is 0. The number of hydrogen-bond acceptors (Lipinski definition) is 7. The highest BCUT2D eigenvalue weighted by atomic mass is 16.8. The van der Waals surface area contributed by atoms with Crippen LogP contribution in [-0.4, -0.2) is 67.6 Å². The number of fused-ring (bicyclic) bond motifs is 1. The predicted molar refractivity (Wildman–Crippen MR) is 72.3 cm³/mol. The molecule has 22 heavy (non-hydrogen) atoms. The van der Waals surface area contributed by atoms with Crippen molar-refractivity contribution < 1.29 is 35.0 Å². The molecule has 0 aromatic rings. The molecule has 2 aliphatic carbocycles. The molecule has 3 heterocycles. The summed E-state index contributed by atoms with van der Waals surface area (Å²) >= 11 is 0. The molecular weight excluding hydrogens is 292 g/mol. The molecule has 2 saturated carbocycles. The molecule has 0 aromatic carbocycles. The lowest BCUT2D eigenvalue weighted by Gasteiger charge is -2.67. The lowest BCUT2D eigenvalue weighted by atomic mass is 9.44. The third-order valence-corrected chi connectivity index (χ3v) is 7.47. The molecule has 5 rings (SSSR count). The predicted octanol–water partition coefficient (Wildman–Crippen LogP) is -1.30. The molecule has 7 nitrogen and oxygen atoms in total. The zero-order chi connectivity index (χ0) is 16.3. The molecular formula is C15H24O7. The standard InChI is InChI=1S/C15H24O7/c1-7-4-8(16)14(19)11(2)6-21-15(20)10(17)13(7,14)5-9(22-15)12(11,3)18/h7-10,16-20H,4-6H2,1-3H3/t7-,8-,9-,10?,11-,12+,13+,14+,15-/m1/s1. The highest BCUT2D eigenvalue weighted by Gasteiger charge is 2.86. The average Bonchev–Trinajstić information content (AvgIpc) is 2.58. The fourth-order valence-electron chi connectivity index (χ4n) is 5.84. The van der Waals surface area contributed by atoms with E-state index in [1.807, 2.05) is 6.92 Å². The Bertz CT molecular complexity index is 530. The average molecular weight is 316 g/mol. The van der Waals surface area contributed by atoms with Crippen LogP contribution in [0.25, 0.3) is 0 Å². The van der Waals surface area contributed by atoms with Crippen molar-refractivity contribution in [1.29, 1.82) is 0 Å². The Morgan fingerprint density at radius 3 is 2.36 bits per heavy atom. The van der Waals surface area contributed by atoms with Gasteiger partial charge < -0.3 is 35.0 Å². The molecule has 7 heteroatoms. The highest BCUT2D eigenvalue weighted by molar-refractivity contribution is 5.32. The zero-order valence-corrected chi connectivity index (χ0v) is 13.0. The van der Waals surface area contributed by atoms with Crippen LogP contribution in [0.2, 0.25) is 0 Å². The van der Waals surface area contributed by atoms with Crippen LogP contribution in [0.5, 0.6) is 0 Å². The number of aliphatic hydroxyl groups excluding tert-OH is 2. The summed E-state index contributed by atoms with van der Waals surface area (Å²) in [5, 5.41) is 54.8. The Kier molecular flexibility index (Phi) is 2.56. The van der Waals surface area contributed by atoms with Gasteiger partial charge in [0.05, 0.1) is 29.8 Å². The van der Waals surface area contributed by atoms with Crippen molar-refractivity contribution in [3.8, 4) is 0 Å². The van der Waals surface area contributed by atoms with E-state index in [1.165, 1.54) is 6.92 Å². The molecule has 126 valence electrons. The van der Waals surface area contributed by atoms with Crippen LogP contribution in [0.3, 0.4) is 0 Å². The van der Waals surface area contributed by atoms with Crippen molar-refractivity contribution in [2.24, 2.45) is 16.7 Å². The minimum atomic E-state index is -2.28. The second kappa shape index (κ2) is 3.69. The summed E-state index contributed by atoms with van der Waals surface area (Å²) in [6.07, 6.45) is -3.01. The summed E-state index contributed by atoms with van der Waals surface area (Å²) in [4.78, 5) is 0. The summed E-state index contributed by atoms with van der Waals surface area (Å²) in [5.74, 6) is -2.55. The van der Waals surface area contributed by atoms with E-state index >= 15 is 0 Å². The summed E-state index contributed by atoms with van der Waals surface area (Å²) < 4.78 is 10.9. The normalized spacial score (nSPS) is 69.8. The minimum absolute atomic E-state index is 0.150. The molecule has 3 aliphatic heterocycles. The molecule has 5 aliphatic rings. The molecule has 3 saturated heterocycles. The van der Waals surface area contributed by atoms with E-state index in [9.17, 15) is 25.5 Å². The van der Waals surface area contributed by atoms with Crippen molar-refractivity contribution in [1.82, 2.24) is 0 Å². The van der Waals surface area contributed by atoms with Crippen LogP contribution >= 0.6 is 0 Å². The first-order chi connectivity index (χ1) is 9.97. The molecule has 1 spiro atoms. The van der Waals surface area contributed by atoms with Gasteiger partial charge in [-0.05, 0) is 25.7 Å². The van der Waals surface area contributed by atoms with E-state index < -0.39 is 46.3 Å². The maximum atomic E-state index is 11.6. The van der Waals surface area contributed by atoms with E-state index in [1.54, 1.807) is 6.92 Å². The molecule has 0 aromatic heterocycles. The largest absolute Gasteiger partial charge is 0.390 e. The van der Waals surface area contributed by atoms with Crippen LogP contribution in [0, 0.1) is 16.7 Å². The van der Waals surface area contributed by atoms with E-state index in [0.29, 0.717) is 0 Å². The smallest absolute Gasteiger partial charge is 0.309 e. The van der Waals surface area contributed by atoms with Crippen LogP contribution in [0.1, 0.15) is 33.6 Å². The lowest BCUT2D eigenvalue weighted by Crippen LogP contribution is -2.82. The van der Waals surface area contributed by atoms with E-state index in [4.69, 9.17) is 9.47 Å². The summed E-state index contributed by atoms with van der Waals surface area (Å²) in [5.41, 5.74) is -5.80. The van der Waals surface area contributed by atoms with Gasteiger partial charge in [-0.3, -0.25) is 0 Å². The number of ether oxygens (including phenoxy) is 2. The van der Waals surface area contributed by atoms with Crippen LogP contribution < -0.4 is 0 Å². The van der Waals surface area contributed by atoms with Crippen LogP contribution in [0.4, 0.5) is 0 Å². The quantitative estimate of drug-likeness (QED) is 0.377. The van der Waals surface area contributed by atoms with Crippen molar-refractivity contribution in [3.05, 3.63) is 0 Å². The Labute approximate surface area is 128 Å². The molecule has 9 atom stereocenters. The number of rotatable bonds is 0. The summed E-state index contributed by atoms with van der Waals surface area (Å²) in [7, 11) is 0. The first kappa shape index (κ1) is 15.3. The molecule has 5 N–H and O–H groups in total. The summed E-state index contributed by atoms with van der Waals surface area (Å²) in [6.45, 7) is 4.76. The van der Waals surface area contributed by atoms with E-state index in [0.717, 1.165) is 0 Å². The topological polar surface area (TPSA) is 120 Å². The second-order valence-electron chi connectivity index (χ2n) is 8.07. The maximum Gasteiger partial charge on any atom is 0.309 e. The number of aliphatic hydroxyl groups is 5. The third kappa shape index (κ3) is 1.14. The third-order valence-electron chi connectivity index (χ3n) is 7.47. The molecule has 0 radical (unpaired) electrons. The highest BCUT2D eigenvalue weighted by Crippen LogP contribution is 2.73. The SMILES string of the molecule is C[C@@H]1C[C@@H](O)[C@]2(O)[C@]3(C)CO[C@@]4(O)O[C@H](C[C@@]12C4O)[C@]3(C)O. The molecule has 5 fully saturated rings. The van der Waals surface area contributed by atoms with Gasteiger partial charge in [-0.25, -0.2) is 0 Å². The van der Waals surface area contributed by atoms with Gasteiger partial charge in [-0.2, -0.15) is 0 Å². The van der Waals surface area contributed by atoms with Crippen molar-refractivity contribution in [2.45, 2.75) is 69.1 Å². The maximum absolute atomic E-state index is 11.6. The van der Waals surface area contributed by atoms with Gasteiger partial charge in [-0.15, -0.1) is 0 Å². The Morgan fingerprint density at radius 1 is 1.09 bits per heavy atom. The molecule has 4 bridgehead atoms. The number of hydrogen-bond donors (Lipinski definition) is 5. The first-order valence-electron chi connectivity index (χ1n) is 7.82. The van der Waals surface area contributed by atoms with Gasteiger partial charge in [0.2, 0.25) is 0 Å². The van der Waals surface area contributed by atoms with Gasteiger partial charge in [-0.1, -0.05) is 13.8 Å². The fourth-order valence-corrected chi connectivity index (χ4v) is 5.84. The van der Waals surface area contributed by atoms with Gasteiger partial charge in [0.1, 0.15) is 11.7 Å². The van der Waals surface area contributed by atoms with Crippen molar-refractivity contribution in [2.75, 3.05) is 6.61 Å². The van der Waals surface area contributed by atoms with Crippen LogP contribution in [-0.2, 0) is 9.47 Å². The van der Waals surface area contributed by atoms with Gasteiger partial charge in [0, 0.05) is 5.41 Å². The zero-order valence-electron chi connectivity index (χ0n) is 13.0. The minimum Gasteiger partial charge on any atom is -0.390 e. The Balaban J connectivity index is 2.07. The van der Waals surface area contributed by atoms with Gasteiger partial charge in [0.15, 0.2) is 0 Å². The van der Waals surface area contributed by atoms with Gasteiger partial charge in [0.25, 0.3) is 0 Å². The molecule has 0 amide bonds. The Morgan fingerprint density at radius 2 is 1.73 bits per heavy atom. The monoisotopic (exact) mass is 316 g/mol.